The molecule has 0 aliphatic heterocycles. The van der Waals surface area contributed by atoms with Gasteiger partial charge in [-0.3, -0.25) is 4.79 Å². The fourth-order valence-electron chi connectivity index (χ4n) is 2.06. The fourth-order valence-corrected chi connectivity index (χ4v) is 2.06. The minimum atomic E-state index is -0.696. The van der Waals surface area contributed by atoms with Gasteiger partial charge in [-0.2, -0.15) is 0 Å². The number of unbranched alkanes of at least 4 members (excludes halogenated alkanes) is 2. The third-order valence-corrected chi connectivity index (χ3v) is 3.37. The second-order valence-corrected chi connectivity index (χ2v) is 5.11. The molecule has 0 saturated heterocycles. The summed E-state index contributed by atoms with van der Waals surface area (Å²) in [4.78, 5) is 12.7. The van der Waals surface area contributed by atoms with Crippen LogP contribution < -0.4 is 4.74 Å². The number of methoxy groups -OCH3 is 1. The van der Waals surface area contributed by atoms with Gasteiger partial charge in [-0.25, -0.2) is 0 Å². The molecule has 0 atom stereocenters. The number of benzene rings is 1. The van der Waals surface area contributed by atoms with Crippen LogP contribution in [0.4, 0.5) is 0 Å². The van der Waals surface area contributed by atoms with E-state index in [0.29, 0.717) is 0 Å². The molecule has 4 heteroatoms. The molecule has 0 radical (unpaired) electrons. The van der Waals surface area contributed by atoms with Gasteiger partial charge >= 0.3 is 5.97 Å². The maximum absolute atomic E-state index is 10.4. The van der Waals surface area contributed by atoms with Crippen LogP contribution in [-0.2, 0) is 11.2 Å². The Morgan fingerprint density at radius 1 is 1.15 bits per heavy atom. The van der Waals surface area contributed by atoms with E-state index in [-0.39, 0.29) is 6.42 Å². The van der Waals surface area contributed by atoms with Crippen LogP contribution in [0.5, 0.6) is 5.75 Å². The van der Waals surface area contributed by atoms with E-state index >= 15 is 0 Å². The van der Waals surface area contributed by atoms with Crippen molar-refractivity contribution in [3.63, 3.8) is 0 Å². The van der Waals surface area contributed by atoms with E-state index in [9.17, 15) is 4.79 Å². The Kier molecular flexibility index (Phi) is 7.73. The van der Waals surface area contributed by atoms with Crippen molar-refractivity contribution < 1.29 is 14.6 Å². The number of rotatable bonds is 10. The summed E-state index contributed by atoms with van der Waals surface area (Å²) in [6.07, 6.45) is 4.14. The number of carboxylic acid groups (broad SMARTS) is 1. The molecule has 1 aromatic carbocycles. The number of carbonyl (C=O) groups is 1. The number of aliphatic carboxylic acids is 1. The summed E-state index contributed by atoms with van der Waals surface area (Å²) in [7, 11) is 3.79. The zero-order chi connectivity index (χ0) is 14.8. The van der Waals surface area contributed by atoms with E-state index in [1.807, 2.05) is 12.1 Å². The van der Waals surface area contributed by atoms with Crippen LogP contribution in [-0.4, -0.2) is 43.2 Å². The van der Waals surface area contributed by atoms with Crippen molar-refractivity contribution in [2.45, 2.75) is 32.1 Å². The lowest BCUT2D eigenvalue weighted by molar-refractivity contribution is -0.137. The van der Waals surface area contributed by atoms with Gasteiger partial charge < -0.3 is 14.7 Å². The van der Waals surface area contributed by atoms with E-state index in [2.05, 4.69) is 24.1 Å². The summed E-state index contributed by atoms with van der Waals surface area (Å²) in [6, 6.07) is 8.17. The van der Waals surface area contributed by atoms with E-state index in [4.69, 9.17) is 9.84 Å². The summed E-state index contributed by atoms with van der Waals surface area (Å²) >= 11 is 0. The normalized spacial score (nSPS) is 10.8. The van der Waals surface area contributed by atoms with Crippen LogP contribution in [0.1, 0.15) is 31.2 Å². The van der Waals surface area contributed by atoms with Gasteiger partial charge in [-0.05, 0) is 50.6 Å². The molecule has 0 amide bonds. The van der Waals surface area contributed by atoms with Gasteiger partial charge in [0.1, 0.15) is 5.75 Å². The summed E-state index contributed by atoms with van der Waals surface area (Å²) in [5.41, 5.74) is 1.31. The monoisotopic (exact) mass is 279 g/mol. The molecule has 0 heterocycles. The molecule has 1 rings (SSSR count). The van der Waals surface area contributed by atoms with E-state index < -0.39 is 5.97 Å². The number of carboxylic acids is 1. The lowest BCUT2D eigenvalue weighted by Crippen LogP contribution is -2.22. The van der Waals surface area contributed by atoms with Crippen molar-refractivity contribution in [3.8, 4) is 5.75 Å². The van der Waals surface area contributed by atoms with Crippen LogP contribution in [0.15, 0.2) is 24.3 Å². The maximum atomic E-state index is 10.4. The Morgan fingerprint density at radius 2 is 1.85 bits per heavy atom. The summed E-state index contributed by atoms with van der Waals surface area (Å²) in [5.74, 6) is 0.193. The first-order valence-corrected chi connectivity index (χ1v) is 7.15. The van der Waals surface area contributed by atoms with Crippen LogP contribution in [0.2, 0.25) is 0 Å². The lowest BCUT2D eigenvalue weighted by atomic mass is 10.1. The Bertz CT molecular complexity index is 389. The predicted molar refractivity (Wildman–Crippen MR) is 80.3 cm³/mol. The van der Waals surface area contributed by atoms with Crippen molar-refractivity contribution in [2.75, 3.05) is 27.2 Å². The zero-order valence-electron chi connectivity index (χ0n) is 12.5. The van der Waals surface area contributed by atoms with Gasteiger partial charge in [0, 0.05) is 13.0 Å². The smallest absolute Gasteiger partial charge is 0.303 e. The predicted octanol–water partition coefficient (Wildman–Crippen LogP) is 2.81. The summed E-state index contributed by atoms with van der Waals surface area (Å²) < 4.78 is 5.14. The first kappa shape index (κ1) is 16.5. The highest BCUT2D eigenvalue weighted by atomic mass is 16.5. The topological polar surface area (TPSA) is 49.8 Å². The minimum Gasteiger partial charge on any atom is -0.497 e. The molecule has 20 heavy (non-hydrogen) atoms. The number of ether oxygens (including phenoxy) is 1. The van der Waals surface area contributed by atoms with Gasteiger partial charge in [0.2, 0.25) is 0 Å². The Balaban J connectivity index is 2.12. The molecule has 0 fully saturated rings. The van der Waals surface area contributed by atoms with Crippen LogP contribution in [0.25, 0.3) is 0 Å². The van der Waals surface area contributed by atoms with Crippen molar-refractivity contribution in [2.24, 2.45) is 0 Å². The third-order valence-electron chi connectivity index (χ3n) is 3.37. The molecule has 1 aromatic rings. The van der Waals surface area contributed by atoms with Crippen LogP contribution in [0, 0.1) is 0 Å². The highest BCUT2D eigenvalue weighted by Gasteiger charge is 2.01. The maximum Gasteiger partial charge on any atom is 0.303 e. The fraction of sp³-hybridized carbons (Fsp3) is 0.562. The number of nitrogens with zero attached hydrogens (tertiary/aromatic N) is 1. The number of hydrogen-bond donors (Lipinski definition) is 1. The molecule has 112 valence electrons. The second-order valence-electron chi connectivity index (χ2n) is 5.11. The van der Waals surface area contributed by atoms with Crippen LogP contribution in [0.3, 0.4) is 0 Å². The molecule has 4 nitrogen and oxygen atoms in total. The molecule has 0 bridgehead atoms. The average Bonchev–Trinajstić information content (AvgIpc) is 2.45. The van der Waals surface area contributed by atoms with Gasteiger partial charge in [0.15, 0.2) is 0 Å². The molecular weight excluding hydrogens is 254 g/mol. The van der Waals surface area contributed by atoms with Crippen molar-refractivity contribution in [1.29, 1.82) is 0 Å². The van der Waals surface area contributed by atoms with Crippen molar-refractivity contribution >= 4 is 5.97 Å². The molecule has 0 aromatic heterocycles. The Labute approximate surface area is 121 Å². The average molecular weight is 279 g/mol. The van der Waals surface area contributed by atoms with E-state index in [1.165, 1.54) is 5.56 Å². The van der Waals surface area contributed by atoms with Gasteiger partial charge in [-0.15, -0.1) is 0 Å². The first-order valence-electron chi connectivity index (χ1n) is 7.15. The molecular formula is C16H25NO3. The zero-order valence-corrected chi connectivity index (χ0v) is 12.5. The van der Waals surface area contributed by atoms with Crippen molar-refractivity contribution in [1.82, 2.24) is 4.90 Å². The van der Waals surface area contributed by atoms with E-state index in [1.54, 1.807) is 7.11 Å². The first-order chi connectivity index (χ1) is 9.61. The number of hydrogen-bond acceptors (Lipinski definition) is 3. The largest absolute Gasteiger partial charge is 0.497 e. The highest BCUT2D eigenvalue weighted by molar-refractivity contribution is 5.66. The van der Waals surface area contributed by atoms with Gasteiger partial charge in [-0.1, -0.05) is 18.6 Å². The Hall–Kier alpha value is -1.55. The van der Waals surface area contributed by atoms with E-state index in [0.717, 1.165) is 44.5 Å². The Morgan fingerprint density at radius 3 is 2.45 bits per heavy atom. The second kappa shape index (κ2) is 9.37. The molecule has 0 spiro atoms. The summed E-state index contributed by atoms with van der Waals surface area (Å²) in [5, 5.41) is 8.55. The third kappa shape index (κ3) is 7.14. The molecule has 0 aliphatic carbocycles. The van der Waals surface area contributed by atoms with Gasteiger partial charge in [0.25, 0.3) is 0 Å². The quantitative estimate of drug-likeness (QED) is 0.669. The standard InChI is InChI=1S/C16H25NO3/c1-17(12-5-3-4-6-16(18)19)13-11-14-7-9-15(20-2)10-8-14/h7-10H,3-6,11-13H2,1-2H3,(H,18,19). The molecule has 0 aliphatic rings. The minimum absolute atomic E-state index is 0.287. The highest BCUT2D eigenvalue weighted by Crippen LogP contribution is 2.12. The molecule has 0 saturated carbocycles. The van der Waals surface area contributed by atoms with Crippen molar-refractivity contribution in [3.05, 3.63) is 29.8 Å². The number of likely N-dealkylation sites (N-methyl/N-ethyl adjacent to an activating group) is 1. The molecule has 1 N–H and O–H groups in total. The van der Waals surface area contributed by atoms with Gasteiger partial charge in [0.05, 0.1) is 7.11 Å². The summed E-state index contributed by atoms with van der Waals surface area (Å²) in [6.45, 7) is 2.04. The van der Waals surface area contributed by atoms with Crippen LogP contribution >= 0.6 is 0 Å². The SMILES string of the molecule is COc1ccc(CCN(C)CCCCCC(=O)O)cc1. The lowest BCUT2D eigenvalue weighted by Gasteiger charge is -2.16. The molecule has 0 unspecified atom stereocenters.